The van der Waals surface area contributed by atoms with E-state index in [1.807, 2.05) is 18.4 Å². The highest BCUT2D eigenvalue weighted by Gasteiger charge is 1.98. The topological polar surface area (TPSA) is 12.0 Å². The van der Waals surface area contributed by atoms with Crippen LogP contribution in [-0.2, 0) is 0 Å². The third kappa shape index (κ3) is 1.63. The quantitative estimate of drug-likeness (QED) is 0.504. The molecule has 0 aromatic carbocycles. The van der Waals surface area contributed by atoms with E-state index in [0.717, 1.165) is 4.48 Å². The van der Waals surface area contributed by atoms with Crippen LogP contribution < -0.4 is 5.32 Å². The van der Waals surface area contributed by atoms with Crippen LogP contribution in [0.3, 0.4) is 0 Å². The van der Waals surface area contributed by atoms with Gasteiger partial charge in [0, 0.05) is 10.7 Å². The Balaban J connectivity index is 2.58. The highest BCUT2D eigenvalue weighted by molar-refractivity contribution is 9.12. The summed E-state index contributed by atoms with van der Waals surface area (Å²) in [6.45, 7) is 0. The molecule has 44 valence electrons. The van der Waals surface area contributed by atoms with E-state index >= 15 is 0 Å². The predicted octanol–water partition coefficient (Wildman–Crippen LogP) is 2.10. The second-order valence-corrected chi connectivity index (χ2v) is 3.36. The van der Waals surface area contributed by atoms with Crippen molar-refractivity contribution in [2.24, 2.45) is 0 Å². The first-order valence-corrected chi connectivity index (χ1v) is 3.94. The first-order chi connectivity index (χ1) is 3.79. The summed E-state index contributed by atoms with van der Waals surface area (Å²) in [7, 11) is 0. The van der Waals surface area contributed by atoms with E-state index in [1.165, 1.54) is 0 Å². The number of alkyl halides is 1. The molecule has 0 aliphatic carbocycles. The van der Waals surface area contributed by atoms with E-state index in [4.69, 9.17) is 0 Å². The number of hydrogen-bond donors (Lipinski definition) is 1. The zero-order valence-electron chi connectivity index (χ0n) is 4.07. The largest absolute Gasteiger partial charge is 0.375 e. The Kier molecular flexibility index (Phi) is 2.14. The summed E-state index contributed by atoms with van der Waals surface area (Å²) in [5, 5.41) is 3.05. The third-order valence-electron chi connectivity index (χ3n) is 0.805. The predicted molar refractivity (Wildman–Crippen MR) is 42.0 cm³/mol. The Morgan fingerprint density at radius 2 is 2.38 bits per heavy atom. The van der Waals surface area contributed by atoms with Gasteiger partial charge in [-0.25, -0.2) is 0 Å². The molecule has 1 aliphatic heterocycles. The summed E-state index contributed by atoms with van der Waals surface area (Å²) in [5.41, 5.74) is 0. The van der Waals surface area contributed by atoms with Crippen LogP contribution in [0.1, 0.15) is 0 Å². The summed E-state index contributed by atoms with van der Waals surface area (Å²) in [5.74, 6) is 0. The molecule has 0 radical (unpaired) electrons. The zero-order chi connectivity index (χ0) is 5.98. The van der Waals surface area contributed by atoms with Gasteiger partial charge in [0.2, 0.25) is 0 Å². The van der Waals surface area contributed by atoms with Crippen molar-refractivity contribution in [1.82, 2.24) is 5.32 Å². The molecule has 0 bridgehead atoms. The first-order valence-electron chi connectivity index (χ1n) is 2.23. The number of hydrogen-bond acceptors (Lipinski definition) is 1. The number of halogens is 2. The molecule has 1 N–H and O–H groups in total. The minimum absolute atomic E-state index is 0.295. The van der Waals surface area contributed by atoms with Crippen LogP contribution >= 0.6 is 31.9 Å². The van der Waals surface area contributed by atoms with Gasteiger partial charge < -0.3 is 5.32 Å². The lowest BCUT2D eigenvalue weighted by Gasteiger charge is -2.08. The van der Waals surface area contributed by atoms with Gasteiger partial charge >= 0.3 is 0 Å². The van der Waals surface area contributed by atoms with Gasteiger partial charge in [0.1, 0.15) is 4.95 Å². The van der Waals surface area contributed by atoms with Gasteiger partial charge in [-0.3, -0.25) is 0 Å². The Morgan fingerprint density at radius 1 is 1.62 bits per heavy atom. The molecular formula is C5H5Br2N. The molecule has 1 aliphatic rings. The van der Waals surface area contributed by atoms with Gasteiger partial charge in [-0.2, -0.15) is 0 Å². The Morgan fingerprint density at radius 3 is 2.75 bits per heavy atom. The highest BCUT2D eigenvalue weighted by atomic mass is 79.9. The average molecular weight is 239 g/mol. The molecule has 1 rings (SSSR count). The highest BCUT2D eigenvalue weighted by Crippen LogP contribution is 2.12. The summed E-state index contributed by atoms with van der Waals surface area (Å²) < 4.78 is 1.08. The molecule has 0 amide bonds. The van der Waals surface area contributed by atoms with Crippen LogP contribution in [0.25, 0.3) is 0 Å². The van der Waals surface area contributed by atoms with Crippen molar-refractivity contribution in [3.63, 3.8) is 0 Å². The molecule has 0 fully saturated rings. The average Bonchev–Trinajstić information content (AvgIpc) is 1.77. The molecule has 0 aromatic rings. The molecule has 0 spiro atoms. The van der Waals surface area contributed by atoms with Crippen LogP contribution in [0.2, 0.25) is 0 Å². The molecule has 0 saturated heterocycles. The molecule has 0 aromatic heterocycles. The first kappa shape index (κ1) is 6.36. The van der Waals surface area contributed by atoms with Gasteiger partial charge in [0.15, 0.2) is 0 Å². The second-order valence-electron chi connectivity index (χ2n) is 1.46. The standard InChI is InChI=1S/C5H5Br2N/c6-4-1-2-5(7)8-3-4/h1-3,5,8H. The molecule has 1 unspecified atom stereocenters. The monoisotopic (exact) mass is 237 g/mol. The van der Waals surface area contributed by atoms with E-state index < -0.39 is 0 Å². The van der Waals surface area contributed by atoms with Crippen molar-refractivity contribution in [2.45, 2.75) is 4.95 Å². The SMILES string of the molecule is BrC1=CNC(Br)C=C1. The van der Waals surface area contributed by atoms with Crippen molar-refractivity contribution in [3.05, 3.63) is 22.8 Å². The molecule has 1 heterocycles. The van der Waals surface area contributed by atoms with Gasteiger partial charge in [0.25, 0.3) is 0 Å². The van der Waals surface area contributed by atoms with Gasteiger partial charge in [0.05, 0.1) is 0 Å². The molecule has 3 heteroatoms. The van der Waals surface area contributed by atoms with Crippen LogP contribution in [-0.4, -0.2) is 4.95 Å². The Labute approximate surface area is 65.1 Å². The van der Waals surface area contributed by atoms with Crippen LogP contribution in [0.5, 0.6) is 0 Å². The lowest BCUT2D eigenvalue weighted by atomic mass is 10.4. The Hall–Kier alpha value is 0.240. The van der Waals surface area contributed by atoms with Crippen molar-refractivity contribution < 1.29 is 0 Å². The summed E-state index contributed by atoms with van der Waals surface area (Å²) in [6.07, 6.45) is 5.92. The van der Waals surface area contributed by atoms with E-state index in [9.17, 15) is 0 Å². The van der Waals surface area contributed by atoms with Crippen LogP contribution in [0, 0.1) is 0 Å². The molecule has 1 atom stereocenters. The maximum Gasteiger partial charge on any atom is 0.100 e. The molecule has 1 nitrogen and oxygen atoms in total. The van der Waals surface area contributed by atoms with Crippen LogP contribution in [0.15, 0.2) is 22.8 Å². The second kappa shape index (κ2) is 2.69. The number of rotatable bonds is 0. The Bertz CT molecular complexity index is 139. The summed E-state index contributed by atoms with van der Waals surface area (Å²) in [4.78, 5) is 0.295. The fraction of sp³-hybridized carbons (Fsp3) is 0.200. The zero-order valence-corrected chi connectivity index (χ0v) is 7.24. The number of allylic oxidation sites excluding steroid dienone is 2. The van der Waals surface area contributed by atoms with Crippen molar-refractivity contribution in [1.29, 1.82) is 0 Å². The molecular weight excluding hydrogens is 234 g/mol. The van der Waals surface area contributed by atoms with E-state index in [2.05, 4.69) is 37.2 Å². The normalized spacial score (nSPS) is 26.8. The fourth-order valence-electron chi connectivity index (χ4n) is 0.439. The minimum atomic E-state index is 0.295. The number of nitrogens with one attached hydrogen (secondary N) is 1. The lowest BCUT2D eigenvalue weighted by Crippen LogP contribution is -2.16. The van der Waals surface area contributed by atoms with E-state index in [-0.39, 0.29) is 0 Å². The smallest absolute Gasteiger partial charge is 0.100 e. The number of dihydropyridines is 1. The third-order valence-corrected chi connectivity index (χ3v) is 1.87. The van der Waals surface area contributed by atoms with Crippen LogP contribution in [0.4, 0.5) is 0 Å². The van der Waals surface area contributed by atoms with Crippen molar-refractivity contribution in [3.8, 4) is 0 Å². The lowest BCUT2D eigenvalue weighted by molar-refractivity contribution is 0.925. The maximum absolute atomic E-state index is 3.35. The van der Waals surface area contributed by atoms with Gasteiger partial charge in [-0.1, -0.05) is 22.0 Å². The summed E-state index contributed by atoms with van der Waals surface area (Å²) in [6, 6.07) is 0. The van der Waals surface area contributed by atoms with Gasteiger partial charge in [-0.15, -0.1) is 0 Å². The van der Waals surface area contributed by atoms with E-state index in [0.29, 0.717) is 4.95 Å². The van der Waals surface area contributed by atoms with E-state index in [1.54, 1.807) is 0 Å². The van der Waals surface area contributed by atoms with Crippen molar-refractivity contribution in [2.75, 3.05) is 0 Å². The van der Waals surface area contributed by atoms with Gasteiger partial charge in [-0.05, 0) is 22.0 Å². The fourth-order valence-corrected chi connectivity index (χ4v) is 1.01. The molecule has 8 heavy (non-hydrogen) atoms. The molecule has 0 saturated carbocycles. The van der Waals surface area contributed by atoms with Crippen molar-refractivity contribution >= 4 is 31.9 Å². The maximum atomic E-state index is 3.35. The minimum Gasteiger partial charge on any atom is -0.375 e. The summed E-state index contributed by atoms with van der Waals surface area (Å²) >= 11 is 6.66.